The molecule has 0 aromatic heterocycles. The standard InChI is InChI=1S/C35H36N8O8/c1-23-20-28(38-36-26-6-11-29(12-7-26)42(16-18-50-24(2)44)17-19-51-25(3)45)10-15-31(23)39-41-33-22-34(48-4)32(21-35(33)49-5)40-37-27-8-13-30(14-9-27)43(46)47/h6-15,20-22H,16-19H2,1-5H3. The molecule has 0 N–H and O–H groups in total. The van der Waals surface area contributed by atoms with E-state index in [0.29, 0.717) is 58.7 Å². The van der Waals surface area contributed by atoms with Crippen LogP contribution in [0, 0.1) is 17.0 Å². The van der Waals surface area contributed by atoms with E-state index in [9.17, 15) is 19.7 Å². The zero-order valence-electron chi connectivity index (χ0n) is 28.7. The molecule has 264 valence electrons. The molecular weight excluding hydrogens is 660 g/mol. The molecule has 0 aliphatic heterocycles. The highest BCUT2D eigenvalue weighted by Crippen LogP contribution is 2.41. The SMILES string of the molecule is COc1cc(N=Nc2ccc(N=Nc3ccc(N(CCOC(C)=O)CCOC(C)=O)cc3)cc2C)c(OC)cc1N=Nc1ccc([N+](=O)[O-])cc1. The molecule has 0 heterocycles. The molecule has 0 amide bonds. The van der Waals surface area contributed by atoms with Crippen LogP contribution in [0.2, 0.25) is 0 Å². The number of nitrogens with zero attached hydrogens (tertiary/aromatic N) is 8. The Bertz CT molecular complexity index is 1910. The van der Waals surface area contributed by atoms with E-state index in [1.807, 2.05) is 42.2 Å². The van der Waals surface area contributed by atoms with E-state index in [0.717, 1.165) is 11.3 Å². The second-order valence-corrected chi connectivity index (χ2v) is 10.7. The molecule has 0 unspecified atom stereocenters. The minimum Gasteiger partial charge on any atom is -0.494 e. The van der Waals surface area contributed by atoms with Crippen LogP contribution >= 0.6 is 0 Å². The molecule has 0 spiro atoms. The number of methoxy groups -OCH3 is 2. The molecule has 4 rings (SSSR count). The van der Waals surface area contributed by atoms with Crippen molar-refractivity contribution in [1.82, 2.24) is 0 Å². The van der Waals surface area contributed by atoms with Gasteiger partial charge in [-0.1, -0.05) is 0 Å². The van der Waals surface area contributed by atoms with E-state index < -0.39 is 4.92 Å². The second kappa shape index (κ2) is 18.3. The normalized spacial score (nSPS) is 11.2. The lowest BCUT2D eigenvalue weighted by molar-refractivity contribution is -0.384. The Hall–Kier alpha value is -6.58. The third kappa shape index (κ3) is 11.2. The van der Waals surface area contributed by atoms with Gasteiger partial charge in [-0.15, -0.1) is 10.2 Å². The monoisotopic (exact) mass is 696 g/mol. The summed E-state index contributed by atoms with van der Waals surface area (Å²) in [6.07, 6.45) is 0. The predicted molar refractivity (Wildman–Crippen MR) is 188 cm³/mol. The van der Waals surface area contributed by atoms with Crippen molar-refractivity contribution in [3.63, 3.8) is 0 Å². The molecule has 0 aliphatic carbocycles. The molecular formula is C35H36N8O8. The van der Waals surface area contributed by atoms with E-state index in [1.165, 1.54) is 52.3 Å². The first kappa shape index (κ1) is 37.2. The predicted octanol–water partition coefficient (Wildman–Crippen LogP) is 9.10. The first-order chi connectivity index (χ1) is 24.6. The molecule has 16 heteroatoms. The third-order valence-corrected chi connectivity index (χ3v) is 7.09. The molecule has 0 radical (unpaired) electrons. The largest absolute Gasteiger partial charge is 0.494 e. The number of carbonyl (C=O) groups excluding carboxylic acids is 2. The Kier molecular flexibility index (Phi) is 13.3. The summed E-state index contributed by atoms with van der Waals surface area (Å²) in [5.41, 5.74) is 4.62. The highest BCUT2D eigenvalue weighted by atomic mass is 16.6. The lowest BCUT2D eigenvalue weighted by Crippen LogP contribution is -2.31. The van der Waals surface area contributed by atoms with Gasteiger partial charge in [0, 0.05) is 43.8 Å². The lowest BCUT2D eigenvalue weighted by Gasteiger charge is -2.24. The average Bonchev–Trinajstić information content (AvgIpc) is 3.12. The number of aryl methyl sites for hydroxylation is 1. The number of hydrogen-bond acceptors (Lipinski definition) is 15. The average molecular weight is 697 g/mol. The summed E-state index contributed by atoms with van der Waals surface area (Å²) in [5, 5.41) is 36.8. The number of nitro benzene ring substituents is 1. The van der Waals surface area contributed by atoms with Crippen LogP contribution in [0.15, 0.2) is 110 Å². The first-order valence-corrected chi connectivity index (χ1v) is 15.5. The van der Waals surface area contributed by atoms with Crippen LogP contribution in [0.3, 0.4) is 0 Å². The van der Waals surface area contributed by atoms with Crippen molar-refractivity contribution in [2.24, 2.45) is 30.7 Å². The maximum atomic E-state index is 11.2. The summed E-state index contributed by atoms with van der Waals surface area (Å²) in [7, 11) is 2.97. The summed E-state index contributed by atoms with van der Waals surface area (Å²) in [6.45, 7) is 5.82. The maximum absolute atomic E-state index is 11.2. The van der Waals surface area contributed by atoms with Gasteiger partial charge in [0.25, 0.3) is 5.69 Å². The Morgan fingerprint density at radius 3 is 1.59 bits per heavy atom. The number of carbonyl (C=O) groups is 2. The molecule has 0 fully saturated rings. The first-order valence-electron chi connectivity index (χ1n) is 15.5. The van der Waals surface area contributed by atoms with Crippen LogP contribution in [0.4, 0.5) is 45.5 Å². The quantitative estimate of drug-likeness (QED) is 0.0475. The summed E-state index contributed by atoms with van der Waals surface area (Å²) < 4.78 is 21.1. The van der Waals surface area contributed by atoms with E-state index in [2.05, 4.69) is 30.7 Å². The van der Waals surface area contributed by atoms with Crippen molar-refractivity contribution in [2.45, 2.75) is 20.8 Å². The smallest absolute Gasteiger partial charge is 0.302 e. The van der Waals surface area contributed by atoms with E-state index in [4.69, 9.17) is 18.9 Å². The lowest BCUT2D eigenvalue weighted by atomic mass is 10.2. The number of non-ortho nitro benzene ring substituents is 1. The Morgan fingerprint density at radius 1 is 0.647 bits per heavy atom. The van der Waals surface area contributed by atoms with Gasteiger partial charge in [-0.25, -0.2) is 0 Å². The summed E-state index contributed by atoms with van der Waals surface area (Å²) >= 11 is 0. The summed E-state index contributed by atoms with van der Waals surface area (Å²) in [6, 6.07) is 21.6. The molecule has 16 nitrogen and oxygen atoms in total. The number of rotatable bonds is 16. The van der Waals surface area contributed by atoms with Gasteiger partial charge in [0.1, 0.15) is 36.1 Å². The van der Waals surface area contributed by atoms with E-state index in [1.54, 1.807) is 24.3 Å². The van der Waals surface area contributed by atoms with Gasteiger partial charge in [0.2, 0.25) is 0 Å². The number of anilines is 1. The maximum Gasteiger partial charge on any atom is 0.302 e. The Morgan fingerprint density at radius 2 is 1.10 bits per heavy atom. The van der Waals surface area contributed by atoms with Crippen molar-refractivity contribution in [3.05, 3.63) is 94.5 Å². The molecule has 0 bridgehead atoms. The van der Waals surface area contributed by atoms with Gasteiger partial charge in [-0.2, -0.15) is 20.5 Å². The molecule has 0 atom stereocenters. The van der Waals surface area contributed by atoms with Crippen LogP contribution in [0.5, 0.6) is 11.5 Å². The Labute approximate surface area is 293 Å². The van der Waals surface area contributed by atoms with Gasteiger partial charge >= 0.3 is 11.9 Å². The zero-order chi connectivity index (χ0) is 36.8. The highest BCUT2D eigenvalue weighted by Gasteiger charge is 2.13. The second-order valence-electron chi connectivity index (χ2n) is 10.7. The van der Waals surface area contributed by atoms with Crippen molar-refractivity contribution >= 4 is 57.4 Å². The number of benzene rings is 4. The van der Waals surface area contributed by atoms with Gasteiger partial charge in [-0.3, -0.25) is 19.7 Å². The number of esters is 2. The molecule has 51 heavy (non-hydrogen) atoms. The topological polar surface area (TPSA) is 192 Å². The van der Waals surface area contributed by atoms with Gasteiger partial charge in [-0.05, 0) is 67.1 Å². The van der Waals surface area contributed by atoms with Crippen LogP contribution < -0.4 is 14.4 Å². The van der Waals surface area contributed by atoms with Crippen LogP contribution in [-0.2, 0) is 19.1 Å². The van der Waals surface area contributed by atoms with Crippen LogP contribution in [0.25, 0.3) is 0 Å². The number of nitro groups is 1. The summed E-state index contributed by atoms with van der Waals surface area (Å²) in [5.74, 6) is 0.0107. The highest BCUT2D eigenvalue weighted by molar-refractivity contribution is 5.67. The molecule has 0 saturated carbocycles. The fourth-order valence-corrected chi connectivity index (χ4v) is 4.51. The van der Waals surface area contributed by atoms with Gasteiger partial charge < -0.3 is 23.8 Å². The van der Waals surface area contributed by atoms with Crippen LogP contribution in [-0.4, -0.2) is 57.4 Å². The third-order valence-electron chi connectivity index (χ3n) is 7.09. The van der Waals surface area contributed by atoms with Crippen molar-refractivity contribution in [1.29, 1.82) is 0 Å². The van der Waals surface area contributed by atoms with E-state index in [-0.39, 0.29) is 30.8 Å². The molecule has 4 aromatic carbocycles. The molecule has 0 aliphatic rings. The van der Waals surface area contributed by atoms with Crippen LogP contribution in [0.1, 0.15) is 19.4 Å². The minimum absolute atomic E-state index is 0.0471. The van der Waals surface area contributed by atoms with Crippen molar-refractivity contribution < 1.29 is 33.5 Å². The van der Waals surface area contributed by atoms with Gasteiger partial charge in [0.05, 0.1) is 55.0 Å². The van der Waals surface area contributed by atoms with Gasteiger partial charge in [0.15, 0.2) is 0 Å². The minimum atomic E-state index is -0.488. The Balaban J connectivity index is 1.44. The fourth-order valence-electron chi connectivity index (χ4n) is 4.51. The van der Waals surface area contributed by atoms with Crippen molar-refractivity contribution in [3.8, 4) is 11.5 Å². The zero-order valence-corrected chi connectivity index (χ0v) is 28.7. The number of ether oxygens (including phenoxy) is 4. The number of azo groups is 3. The summed E-state index contributed by atoms with van der Waals surface area (Å²) in [4.78, 5) is 34.7. The number of hydrogen-bond donors (Lipinski definition) is 0. The van der Waals surface area contributed by atoms with E-state index >= 15 is 0 Å². The fraction of sp³-hybridized carbons (Fsp3) is 0.257. The van der Waals surface area contributed by atoms with Crippen molar-refractivity contribution in [2.75, 3.05) is 45.4 Å². The molecule has 4 aromatic rings. The molecule has 0 saturated heterocycles.